The minimum Gasteiger partial charge on any atom is -0.382 e. The van der Waals surface area contributed by atoms with E-state index in [1.165, 1.54) is 0 Å². The monoisotopic (exact) mass is 248 g/mol. The molecule has 1 aromatic rings. The molecule has 0 aromatic heterocycles. The summed E-state index contributed by atoms with van der Waals surface area (Å²) in [4.78, 5) is 0. The van der Waals surface area contributed by atoms with Crippen LogP contribution in [0, 0.1) is 0 Å². The van der Waals surface area contributed by atoms with Gasteiger partial charge in [-0.25, -0.2) is 0 Å². The van der Waals surface area contributed by atoms with Gasteiger partial charge in [-0.2, -0.15) is 0 Å². The normalized spacial score (nSPS) is 13.2. The van der Waals surface area contributed by atoms with E-state index < -0.39 is 6.10 Å². The highest BCUT2D eigenvalue weighted by atomic mass is 35.5. The number of nitrogens with two attached hydrogens (primary N) is 1. The van der Waals surface area contributed by atoms with E-state index in [2.05, 4.69) is 19.2 Å². The molecule has 15 heavy (non-hydrogen) atoms. The van der Waals surface area contributed by atoms with Gasteiger partial charge in [-0.3, -0.25) is 0 Å². The fourth-order valence-electron chi connectivity index (χ4n) is 1.26. The van der Waals surface area contributed by atoms with Gasteiger partial charge in [-0.1, -0.05) is 29.3 Å². The Labute approximate surface area is 100 Å². The van der Waals surface area contributed by atoms with Crippen molar-refractivity contribution in [1.29, 1.82) is 0 Å². The topological polar surface area (TPSA) is 36.8 Å². The molecule has 0 aliphatic heterocycles. The number of rotatable bonds is 4. The molecular weight excluding hydrogens is 233 g/mol. The molecule has 0 saturated carbocycles. The van der Waals surface area contributed by atoms with E-state index in [1.54, 1.807) is 18.2 Å². The zero-order valence-corrected chi connectivity index (χ0v) is 10.4. The Balaban J connectivity index is 2.65. The van der Waals surface area contributed by atoms with Crippen LogP contribution >= 0.6 is 23.2 Å². The maximum absolute atomic E-state index is 9.85. The molecule has 84 valence electrons. The van der Waals surface area contributed by atoms with E-state index in [0.717, 1.165) is 5.56 Å². The summed E-state index contributed by atoms with van der Waals surface area (Å²) in [6, 6.07) is 5.69. The van der Waals surface area contributed by atoms with Crippen LogP contribution in [0.5, 0.6) is 0 Å². The third-order valence-corrected chi connectivity index (χ3v) is 2.90. The van der Waals surface area contributed by atoms with Gasteiger partial charge in [0.1, 0.15) is 12.6 Å². The van der Waals surface area contributed by atoms with Gasteiger partial charge in [-0.05, 0) is 31.5 Å². The standard InChI is InChI=1S/C11H15Cl2NO/c1-7(2)14-6-11(15)8-3-4-9(12)10(13)5-8/h3-5,7,11,14-15H,6H2,1-2H3/p+1/t11-/m1/s1. The molecule has 0 fully saturated rings. The van der Waals surface area contributed by atoms with Gasteiger partial charge in [0.15, 0.2) is 0 Å². The highest BCUT2D eigenvalue weighted by Gasteiger charge is 2.11. The van der Waals surface area contributed by atoms with Gasteiger partial charge in [0.05, 0.1) is 16.1 Å². The first-order chi connectivity index (χ1) is 7.00. The minimum atomic E-state index is -0.498. The molecule has 4 heteroatoms. The van der Waals surface area contributed by atoms with E-state index in [1.807, 2.05) is 0 Å². The number of aliphatic hydroxyl groups excluding tert-OH is 1. The molecule has 0 radical (unpaired) electrons. The fourth-order valence-corrected chi connectivity index (χ4v) is 1.56. The summed E-state index contributed by atoms with van der Waals surface area (Å²) in [5.41, 5.74) is 0.807. The second-order valence-electron chi connectivity index (χ2n) is 3.90. The maximum Gasteiger partial charge on any atom is 0.128 e. The van der Waals surface area contributed by atoms with Crippen LogP contribution in [0.2, 0.25) is 10.0 Å². The van der Waals surface area contributed by atoms with E-state index in [4.69, 9.17) is 23.2 Å². The lowest BCUT2D eigenvalue weighted by molar-refractivity contribution is -0.689. The van der Waals surface area contributed by atoms with Gasteiger partial charge >= 0.3 is 0 Å². The van der Waals surface area contributed by atoms with Crippen LogP contribution < -0.4 is 5.32 Å². The van der Waals surface area contributed by atoms with Crippen LogP contribution in [0.25, 0.3) is 0 Å². The second kappa shape index (κ2) is 5.71. The van der Waals surface area contributed by atoms with Crippen LogP contribution in [-0.4, -0.2) is 17.7 Å². The summed E-state index contributed by atoms with van der Waals surface area (Å²) in [6.07, 6.45) is -0.498. The molecule has 1 aromatic carbocycles. The highest BCUT2D eigenvalue weighted by molar-refractivity contribution is 6.42. The van der Waals surface area contributed by atoms with Gasteiger partial charge in [0.25, 0.3) is 0 Å². The number of hydrogen-bond acceptors (Lipinski definition) is 1. The Kier molecular flexibility index (Phi) is 4.87. The van der Waals surface area contributed by atoms with Gasteiger partial charge in [-0.15, -0.1) is 0 Å². The van der Waals surface area contributed by atoms with Crippen molar-refractivity contribution in [2.24, 2.45) is 0 Å². The van der Waals surface area contributed by atoms with E-state index in [-0.39, 0.29) is 0 Å². The molecule has 0 saturated heterocycles. The lowest BCUT2D eigenvalue weighted by atomic mass is 10.1. The van der Waals surface area contributed by atoms with Crippen LogP contribution in [0.1, 0.15) is 25.5 Å². The maximum atomic E-state index is 9.85. The first-order valence-corrected chi connectivity index (χ1v) is 5.72. The van der Waals surface area contributed by atoms with Crippen molar-refractivity contribution in [2.75, 3.05) is 6.54 Å². The molecule has 2 nitrogen and oxygen atoms in total. The fraction of sp³-hybridized carbons (Fsp3) is 0.455. The average molecular weight is 249 g/mol. The number of benzene rings is 1. The predicted molar refractivity (Wildman–Crippen MR) is 63.4 cm³/mol. The van der Waals surface area contributed by atoms with Gasteiger partial charge in [0.2, 0.25) is 0 Å². The quantitative estimate of drug-likeness (QED) is 0.841. The molecule has 0 aliphatic rings. The summed E-state index contributed by atoms with van der Waals surface area (Å²) in [7, 11) is 0. The zero-order chi connectivity index (χ0) is 11.4. The highest BCUT2D eigenvalue weighted by Crippen LogP contribution is 2.25. The molecule has 0 bridgehead atoms. The number of aliphatic hydroxyl groups is 1. The molecule has 0 heterocycles. The van der Waals surface area contributed by atoms with Crippen molar-refractivity contribution >= 4 is 23.2 Å². The van der Waals surface area contributed by atoms with Crippen molar-refractivity contribution in [1.82, 2.24) is 0 Å². The molecule has 0 amide bonds. The Morgan fingerprint density at radius 3 is 2.47 bits per heavy atom. The molecule has 0 aliphatic carbocycles. The lowest BCUT2D eigenvalue weighted by Crippen LogP contribution is -2.89. The third-order valence-electron chi connectivity index (χ3n) is 2.16. The number of halogens is 2. The largest absolute Gasteiger partial charge is 0.382 e. The molecule has 0 spiro atoms. The lowest BCUT2D eigenvalue weighted by Gasteiger charge is -2.12. The van der Waals surface area contributed by atoms with Crippen molar-refractivity contribution < 1.29 is 10.4 Å². The minimum absolute atomic E-state index is 0.474. The van der Waals surface area contributed by atoms with Crippen LogP contribution in [0.15, 0.2) is 18.2 Å². The Morgan fingerprint density at radius 1 is 1.27 bits per heavy atom. The first-order valence-electron chi connectivity index (χ1n) is 4.97. The molecule has 3 N–H and O–H groups in total. The molecule has 1 rings (SSSR count). The van der Waals surface area contributed by atoms with E-state index >= 15 is 0 Å². The molecule has 1 atom stereocenters. The van der Waals surface area contributed by atoms with Crippen LogP contribution in [0.4, 0.5) is 0 Å². The Bertz CT molecular complexity index is 328. The van der Waals surface area contributed by atoms with Crippen LogP contribution in [0.3, 0.4) is 0 Å². The van der Waals surface area contributed by atoms with Gasteiger partial charge in [0, 0.05) is 0 Å². The average Bonchev–Trinajstić information content (AvgIpc) is 2.18. The summed E-state index contributed by atoms with van der Waals surface area (Å²) < 4.78 is 0. The molecule has 0 unspecified atom stereocenters. The van der Waals surface area contributed by atoms with Crippen molar-refractivity contribution in [3.05, 3.63) is 33.8 Å². The summed E-state index contributed by atoms with van der Waals surface area (Å²) in [5.74, 6) is 0. The Morgan fingerprint density at radius 2 is 1.93 bits per heavy atom. The molecular formula is C11H16Cl2NO+. The first kappa shape index (κ1) is 12.8. The summed E-state index contributed by atoms with van der Waals surface area (Å²) in [5, 5.41) is 12.9. The van der Waals surface area contributed by atoms with Crippen molar-refractivity contribution in [2.45, 2.75) is 26.0 Å². The number of hydrogen-bond donors (Lipinski definition) is 2. The smallest absolute Gasteiger partial charge is 0.128 e. The second-order valence-corrected chi connectivity index (χ2v) is 4.72. The predicted octanol–water partition coefficient (Wildman–Crippen LogP) is 2.00. The Hall–Kier alpha value is -0.280. The van der Waals surface area contributed by atoms with E-state index in [9.17, 15) is 5.11 Å². The van der Waals surface area contributed by atoms with Crippen molar-refractivity contribution in [3.63, 3.8) is 0 Å². The summed E-state index contributed by atoms with van der Waals surface area (Å²) in [6.45, 7) is 4.80. The van der Waals surface area contributed by atoms with Crippen LogP contribution in [-0.2, 0) is 0 Å². The zero-order valence-electron chi connectivity index (χ0n) is 8.87. The van der Waals surface area contributed by atoms with Crippen molar-refractivity contribution in [3.8, 4) is 0 Å². The van der Waals surface area contributed by atoms with Gasteiger partial charge < -0.3 is 10.4 Å². The number of quaternary nitrogens is 1. The van der Waals surface area contributed by atoms with E-state index in [0.29, 0.717) is 22.6 Å². The summed E-state index contributed by atoms with van der Waals surface area (Å²) >= 11 is 11.7. The third kappa shape index (κ3) is 3.99. The SMILES string of the molecule is CC(C)[NH2+]C[C@@H](O)c1ccc(Cl)c(Cl)c1.